The fraction of sp³-hybridized carbons (Fsp3) is 0.500. The van der Waals surface area contributed by atoms with E-state index in [1.54, 1.807) is 16.3 Å². The average molecular weight is 269 g/mol. The van der Waals surface area contributed by atoms with E-state index in [9.17, 15) is 4.79 Å². The van der Waals surface area contributed by atoms with Crippen molar-refractivity contribution >= 4 is 28.8 Å². The molecule has 0 aliphatic heterocycles. The summed E-state index contributed by atoms with van der Waals surface area (Å²) in [6.45, 7) is 0.151. The topological polar surface area (TPSA) is 44.1 Å². The maximum absolute atomic E-state index is 12.3. The van der Waals surface area contributed by atoms with E-state index in [0.29, 0.717) is 9.90 Å². The van der Waals surface area contributed by atoms with E-state index in [1.807, 2.05) is 0 Å². The van der Waals surface area contributed by atoms with Gasteiger partial charge in [0.15, 0.2) is 0 Å². The Morgan fingerprint density at radius 3 is 2.82 bits per heavy atom. The van der Waals surface area contributed by atoms with E-state index in [0.717, 1.165) is 25.7 Å². The Kier molecular flexibility index (Phi) is 4.03. The molecule has 0 unspecified atom stereocenters. The Labute approximate surface area is 110 Å². The third-order valence-electron chi connectivity index (χ3n) is 3.08. The molecule has 0 aromatic carbocycles. The molecule has 5 heteroatoms. The van der Waals surface area contributed by atoms with Gasteiger partial charge in [0.25, 0.3) is 5.91 Å². The third-order valence-corrected chi connectivity index (χ3v) is 4.41. The quantitative estimate of drug-likeness (QED) is 0.790. The molecule has 1 saturated carbocycles. The molecule has 1 fully saturated rings. The molecule has 0 N–H and O–H groups in total. The second-order valence-electron chi connectivity index (χ2n) is 4.13. The number of amides is 1. The lowest BCUT2D eigenvalue weighted by molar-refractivity contribution is 0.0714. The maximum atomic E-state index is 12.3. The number of hydrogen-bond acceptors (Lipinski definition) is 3. The number of hydrogen-bond donors (Lipinski definition) is 0. The smallest absolute Gasteiger partial charge is 0.266 e. The first-order valence-corrected chi connectivity index (χ1v) is 6.90. The maximum Gasteiger partial charge on any atom is 0.266 e. The minimum Gasteiger partial charge on any atom is -0.322 e. The highest BCUT2D eigenvalue weighted by Crippen LogP contribution is 2.28. The van der Waals surface area contributed by atoms with Crippen LogP contribution in [0.4, 0.5) is 0 Å². The first-order chi connectivity index (χ1) is 8.24. The summed E-state index contributed by atoms with van der Waals surface area (Å²) < 4.78 is 0. The fourth-order valence-corrected chi connectivity index (χ4v) is 3.33. The highest BCUT2D eigenvalue weighted by molar-refractivity contribution is 7.12. The minimum atomic E-state index is -0.0987. The molecule has 0 atom stereocenters. The number of carbonyl (C=O) groups excluding carboxylic acids is 1. The number of nitriles is 1. The van der Waals surface area contributed by atoms with Gasteiger partial charge < -0.3 is 4.90 Å². The molecule has 1 aliphatic carbocycles. The lowest BCUT2D eigenvalue weighted by Crippen LogP contribution is -2.38. The monoisotopic (exact) mass is 268 g/mol. The number of nitrogens with zero attached hydrogens (tertiary/aromatic N) is 2. The average Bonchev–Trinajstić information content (AvgIpc) is 2.95. The van der Waals surface area contributed by atoms with Crippen LogP contribution in [-0.2, 0) is 0 Å². The van der Waals surface area contributed by atoms with Gasteiger partial charge in [-0.3, -0.25) is 4.79 Å². The zero-order valence-corrected chi connectivity index (χ0v) is 10.9. The minimum absolute atomic E-state index is 0.0987. The lowest BCUT2D eigenvalue weighted by Gasteiger charge is -2.26. The number of halogens is 1. The largest absolute Gasteiger partial charge is 0.322 e. The summed E-state index contributed by atoms with van der Waals surface area (Å²) in [6, 6.07) is 4.00. The molecule has 0 bridgehead atoms. The van der Waals surface area contributed by atoms with Gasteiger partial charge in [-0.2, -0.15) is 5.26 Å². The van der Waals surface area contributed by atoms with Crippen molar-refractivity contribution in [3.8, 4) is 6.07 Å². The van der Waals surface area contributed by atoms with E-state index < -0.39 is 0 Å². The van der Waals surface area contributed by atoms with Gasteiger partial charge in [0.05, 0.1) is 11.1 Å². The van der Waals surface area contributed by atoms with Crippen molar-refractivity contribution in [2.45, 2.75) is 31.7 Å². The van der Waals surface area contributed by atoms with Crippen molar-refractivity contribution < 1.29 is 4.79 Å². The lowest BCUT2D eigenvalue weighted by atomic mass is 10.2. The predicted molar refractivity (Wildman–Crippen MR) is 68.2 cm³/mol. The summed E-state index contributed by atoms with van der Waals surface area (Å²) in [5.41, 5.74) is 0. The van der Waals surface area contributed by atoms with E-state index in [2.05, 4.69) is 6.07 Å². The first-order valence-electron chi connectivity index (χ1n) is 5.65. The van der Waals surface area contributed by atoms with Gasteiger partial charge in [-0.15, -0.1) is 11.3 Å². The molecule has 1 amide bonds. The highest BCUT2D eigenvalue weighted by Gasteiger charge is 2.28. The SMILES string of the molecule is N#CCN(C(=O)c1sccc1Cl)C1CCCC1. The number of carbonyl (C=O) groups is 1. The van der Waals surface area contributed by atoms with Crippen molar-refractivity contribution in [2.75, 3.05) is 6.54 Å². The Balaban J connectivity index is 2.19. The Hall–Kier alpha value is -1.05. The molecule has 1 aliphatic rings. The first kappa shape index (κ1) is 12.4. The van der Waals surface area contributed by atoms with E-state index in [-0.39, 0.29) is 18.5 Å². The van der Waals surface area contributed by atoms with Crippen LogP contribution in [0.2, 0.25) is 5.02 Å². The zero-order chi connectivity index (χ0) is 12.3. The van der Waals surface area contributed by atoms with E-state index in [4.69, 9.17) is 16.9 Å². The van der Waals surface area contributed by atoms with Gasteiger partial charge in [-0.1, -0.05) is 24.4 Å². The molecule has 2 rings (SSSR count). The summed E-state index contributed by atoms with van der Waals surface area (Å²) in [5.74, 6) is -0.0987. The summed E-state index contributed by atoms with van der Waals surface area (Å²) in [5, 5.41) is 11.1. The highest BCUT2D eigenvalue weighted by atomic mass is 35.5. The van der Waals surface area contributed by atoms with Crippen molar-refractivity contribution in [3.63, 3.8) is 0 Å². The fourth-order valence-electron chi connectivity index (χ4n) is 2.24. The van der Waals surface area contributed by atoms with Gasteiger partial charge in [0.2, 0.25) is 0 Å². The predicted octanol–water partition coefficient (Wildman–Crippen LogP) is 3.31. The number of thiophene rings is 1. The summed E-state index contributed by atoms with van der Waals surface area (Å²) in [4.78, 5) is 14.5. The molecule has 0 saturated heterocycles. The zero-order valence-electron chi connectivity index (χ0n) is 9.36. The molecule has 90 valence electrons. The van der Waals surface area contributed by atoms with Crippen LogP contribution in [0.25, 0.3) is 0 Å². The Bertz CT molecular complexity index is 446. The van der Waals surface area contributed by atoms with Crippen LogP contribution in [0.1, 0.15) is 35.4 Å². The summed E-state index contributed by atoms with van der Waals surface area (Å²) in [6.07, 6.45) is 4.27. The summed E-state index contributed by atoms with van der Waals surface area (Å²) >= 11 is 7.30. The van der Waals surface area contributed by atoms with Crippen molar-refractivity contribution in [1.29, 1.82) is 5.26 Å². The number of rotatable bonds is 3. The summed E-state index contributed by atoms with van der Waals surface area (Å²) in [7, 11) is 0. The molecular formula is C12H13ClN2OS. The van der Waals surface area contributed by atoms with Crippen LogP contribution in [-0.4, -0.2) is 23.4 Å². The molecule has 0 spiro atoms. The molecule has 1 heterocycles. The van der Waals surface area contributed by atoms with Gasteiger partial charge >= 0.3 is 0 Å². The molecule has 17 heavy (non-hydrogen) atoms. The van der Waals surface area contributed by atoms with Crippen LogP contribution in [0.15, 0.2) is 11.4 Å². The van der Waals surface area contributed by atoms with E-state index in [1.165, 1.54) is 11.3 Å². The van der Waals surface area contributed by atoms with Crippen molar-refractivity contribution in [3.05, 3.63) is 21.3 Å². The van der Waals surface area contributed by atoms with Crippen molar-refractivity contribution in [2.24, 2.45) is 0 Å². The molecule has 0 radical (unpaired) electrons. The van der Waals surface area contributed by atoms with Crippen LogP contribution < -0.4 is 0 Å². The Morgan fingerprint density at radius 2 is 2.29 bits per heavy atom. The second kappa shape index (κ2) is 5.52. The molecule has 1 aromatic rings. The molecule has 3 nitrogen and oxygen atoms in total. The second-order valence-corrected chi connectivity index (χ2v) is 5.45. The van der Waals surface area contributed by atoms with Crippen molar-refractivity contribution in [1.82, 2.24) is 4.90 Å². The van der Waals surface area contributed by atoms with Gasteiger partial charge in [-0.25, -0.2) is 0 Å². The van der Waals surface area contributed by atoms with Gasteiger partial charge in [0, 0.05) is 6.04 Å². The standard InChI is InChI=1S/C12H13ClN2OS/c13-10-5-8-17-11(10)12(16)15(7-6-14)9-3-1-2-4-9/h5,8-9H,1-4,7H2. The van der Waals surface area contributed by atoms with Crippen LogP contribution in [0, 0.1) is 11.3 Å². The Morgan fingerprint density at radius 1 is 1.59 bits per heavy atom. The van der Waals surface area contributed by atoms with Gasteiger partial charge in [-0.05, 0) is 24.3 Å². The third kappa shape index (κ3) is 2.62. The van der Waals surface area contributed by atoms with Crippen LogP contribution in [0.5, 0.6) is 0 Å². The van der Waals surface area contributed by atoms with Crippen LogP contribution in [0.3, 0.4) is 0 Å². The van der Waals surface area contributed by atoms with Gasteiger partial charge in [0.1, 0.15) is 11.4 Å². The molecular weight excluding hydrogens is 256 g/mol. The molecule has 1 aromatic heterocycles. The van der Waals surface area contributed by atoms with E-state index >= 15 is 0 Å². The van der Waals surface area contributed by atoms with Crippen LogP contribution >= 0.6 is 22.9 Å². The normalized spacial score (nSPS) is 15.8.